The van der Waals surface area contributed by atoms with E-state index in [9.17, 15) is 4.79 Å². The van der Waals surface area contributed by atoms with E-state index in [-0.39, 0.29) is 11.9 Å². The number of carbonyl (C=O) groups excluding carboxylic acids is 1. The van der Waals surface area contributed by atoms with Crippen LogP contribution >= 0.6 is 0 Å². The molecule has 0 aromatic heterocycles. The molecule has 1 atom stereocenters. The van der Waals surface area contributed by atoms with Crippen LogP contribution in [0.2, 0.25) is 0 Å². The predicted octanol–water partition coefficient (Wildman–Crippen LogP) is 1.36. The van der Waals surface area contributed by atoms with E-state index < -0.39 is 0 Å². The van der Waals surface area contributed by atoms with Crippen LogP contribution in [-0.4, -0.2) is 24.6 Å². The van der Waals surface area contributed by atoms with E-state index in [4.69, 9.17) is 4.84 Å². The molecule has 0 aromatic rings. The summed E-state index contributed by atoms with van der Waals surface area (Å²) in [7, 11) is 0. The van der Waals surface area contributed by atoms with Gasteiger partial charge in [0, 0.05) is 6.04 Å². The maximum Gasteiger partial charge on any atom is 0.239 e. The first-order chi connectivity index (χ1) is 7.24. The number of hydroxylamine groups is 1. The molecule has 0 radical (unpaired) electrons. The van der Waals surface area contributed by atoms with Crippen LogP contribution in [0.3, 0.4) is 0 Å². The average Bonchev–Trinajstić information content (AvgIpc) is 2.27. The second-order valence-corrected chi connectivity index (χ2v) is 4.12. The quantitative estimate of drug-likeness (QED) is 0.679. The molecule has 1 aliphatic carbocycles. The van der Waals surface area contributed by atoms with Crippen LogP contribution in [0.15, 0.2) is 0 Å². The molecule has 1 aliphatic rings. The second kappa shape index (κ2) is 6.80. The smallest absolute Gasteiger partial charge is 0.239 e. The van der Waals surface area contributed by atoms with E-state index >= 15 is 0 Å². The summed E-state index contributed by atoms with van der Waals surface area (Å²) in [5.41, 5.74) is 2.71. The molecule has 0 aromatic carbocycles. The van der Waals surface area contributed by atoms with Gasteiger partial charge in [-0.2, -0.15) is 5.48 Å². The largest absolute Gasteiger partial charge is 0.352 e. The highest BCUT2D eigenvalue weighted by atomic mass is 16.6. The SMILES string of the molecule is CCONC(C)C(=O)NC1CCCCC1. The van der Waals surface area contributed by atoms with Crippen molar-refractivity contribution in [3.8, 4) is 0 Å². The zero-order valence-corrected chi connectivity index (χ0v) is 9.71. The first-order valence-corrected chi connectivity index (χ1v) is 5.91. The Labute approximate surface area is 91.7 Å². The molecule has 2 N–H and O–H groups in total. The van der Waals surface area contributed by atoms with Crippen LogP contribution in [0.1, 0.15) is 46.0 Å². The number of nitrogens with one attached hydrogen (secondary N) is 2. The lowest BCUT2D eigenvalue weighted by Gasteiger charge is -2.24. The van der Waals surface area contributed by atoms with Gasteiger partial charge in [0.15, 0.2) is 0 Å². The number of rotatable bonds is 5. The summed E-state index contributed by atoms with van der Waals surface area (Å²) < 4.78 is 0. The van der Waals surface area contributed by atoms with Crippen molar-refractivity contribution in [2.75, 3.05) is 6.61 Å². The van der Waals surface area contributed by atoms with Gasteiger partial charge in [0.2, 0.25) is 5.91 Å². The molecule has 0 aliphatic heterocycles. The monoisotopic (exact) mass is 214 g/mol. The van der Waals surface area contributed by atoms with Gasteiger partial charge in [-0.15, -0.1) is 0 Å². The first kappa shape index (κ1) is 12.5. The second-order valence-electron chi connectivity index (χ2n) is 4.12. The minimum atomic E-state index is -0.271. The van der Waals surface area contributed by atoms with Gasteiger partial charge in [0.05, 0.1) is 6.61 Å². The molecule has 1 amide bonds. The molecule has 0 spiro atoms. The van der Waals surface area contributed by atoms with Gasteiger partial charge in [-0.25, -0.2) is 0 Å². The van der Waals surface area contributed by atoms with Crippen LogP contribution in [-0.2, 0) is 9.63 Å². The lowest BCUT2D eigenvalue weighted by atomic mass is 9.95. The van der Waals surface area contributed by atoms with Gasteiger partial charge in [-0.05, 0) is 26.7 Å². The molecule has 4 heteroatoms. The average molecular weight is 214 g/mol. The van der Waals surface area contributed by atoms with E-state index in [1.54, 1.807) is 0 Å². The molecule has 0 heterocycles. The summed E-state index contributed by atoms with van der Waals surface area (Å²) in [5.74, 6) is 0.0374. The highest BCUT2D eigenvalue weighted by Gasteiger charge is 2.19. The van der Waals surface area contributed by atoms with Crippen molar-refractivity contribution in [1.82, 2.24) is 10.8 Å². The predicted molar refractivity (Wildman–Crippen MR) is 59.2 cm³/mol. The Kier molecular flexibility index (Phi) is 5.65. The number of amides is 1. The highest BCUT2D eigenvalue weighted by molar-refractivity contribution is 5.81. The molecule has 0 bridgehead atoms. The number of hydrogen-bond donors (Lipinski definition) is 2. The van der Waals surface area contributed by atoms with Gasteiger partial charge < -0.3 is 10.2 Å². The van der Waals surface area contributed by atoms with E-state index in [2.05, 4.69) is 10.8 Å². The third kappa shape index (κ3) is 4.62. The molecule has 0 saturated heterocycles. The van der Waals surface area contributed by atoms with Gasteiger partial charge in [0.25, 0.3) is 0 Å². The van der Waals surface area contributed by atoms with Crippen molar-refractivity contribution in [2.24, 2.45) is 0 Å². The summed E-state index contributed by atoms with van der Waals surface area (Å²) in [5, 5.41) is 3.05. The molecular weight excluding hydrogens is 192 g/mol. The van der Waals surface area contributed by atoms with Crippen LogP contribution in [0.5, 0.6) is 0 Å². The van der Waals surface area contributed by atoms with Gasteiger partial charge in [0.1, 0.15) is 6.04 Å². The maximum absolute atomic E-state index is 11.7. The maximum atomic E-state index is 11.7. The van der Waals surface area contributed by atoms with E-state index in [0.29, 0.717) is 12.6 Å². The van der Waals surface area contributed by atoms with Crippen molar-refractivity contribution in [1.29, 1.82) is 0 Å². The van der Waals surface area contributed by atoms with Gasteiger partial charge in [-0.1, -0.05) is 19.3 Å². The van der Waals surface area contributed by atoms with Crippen LogP contribution in [0.4, 0.5) is 0 Å². The third-order valence-corrected chi connectivity index (χ3v) is 2.75. The molecular formula is C11H22N2O2. The normalized spacial score (nSPS) is 19.9. The van der Waals surface area contributed by atoms with Crippen molar-refractivity contribution < 1.29 is 9.63 Å². The minimum Gasteiger partial charge on any atom is -0.352 e. The van der Waals surface area contributed by atoms with Crippen LogP contribution in [0.25, 0.3) is 0 Å². The third-order valence-electron chi connectivity index (χ3n) is 2.75. The molecule has 88 valence electrons. The Morgan fingerprint density at radius 2 is 2.07 bits per heavy atom. The molecule has 1 saturated carbocycles. The summed E-state index contributed by atoms with van der Waals surface area (Å²) in [6, 6.07) is 0.101. The van der Waals surface area contributed by atoms with Crippen molar-refractivity contribution in [3.05, 3.63) is 0 Å². The lowest BCUT2D eigenvalue weighted by molar-refractivity contribution is -0.127. The highest BCUT2D eigenvalue weighted by Crippen LogP contribution is 2.17. The fraction of sp³-hybridized carbons (Fsp3) is 0.909. The Bertz CT molecular complexity index is 191. The Morgan fingerprint density at radius 3 is 2.67 bits per heavy atom. The van der Waals surface area contributed by atoms with E-state index in [1.807, 2.05) is 13.8 Å². The van der Waals surface area contributed by atoms with Gasteiger partial charge >= 0.3 is 0 Å². The fourth-order valence-corrected chi connectivity index (χ4v) is 1.83. The number of hydrogen-bond acceptors (Lipinski definition) is 3. The van der Waals surface area contributed by atoms with Gasteiger partial charge in [-0.3, -0.25) is 4.79 Å². The summed E-state index contributed by atoms with van der Waals surface area (Å²) in [4.78, 5) is 16.7. The van der Waals surface area contributed by atoms with Crippen molar-refractivity contribution in [3.63, 3.8) is 0 Å². The zero-order chi connectivity index (χ0) is 11.1. The van der Waals surface area contributed by atoms with E-state index in [0.717, 1.165) is 12.8 Å². The Balaban J connectivity index is 2.20. The molecule has 15 heavy (non-hydrogen) atoms. The lowest BCUT2D eigenvalue weighted by Crippen LogP contribution is -2.46. The Hall–Kier alpha value is -0.610. The minimum absolute atomic E-state index is 0.0374. The summed E-state index contributed by atoms with van der Waals surface area (Å²) in [6.45, 7) is 4.27. The topological polar surface area (TPSA) is 50.4 Å². The van der Waals surface area contributed by atoms with Crippen molar-refractivity contribution >= 4 is 5.91 Å². The zero-order valence-electron chi connectivity index (χ0n) is 9.71. The van der Waals surface area contributed by atoms with Crippen LogP contribution < -0.4 is 10.8 Å². The molecule has 1 fully saturated rings. The molecule has 1 unspecified atom stereocenters. The molecule has 4 nitrogen and oxygen atoms in total. The van der Waals surface area contributed by atoms with Crippen LogP contribution in [0, 0.1) is 0 Å². The first-order valence-electron chi connectivity index (χ1n) is 5.91. The van der Waals surface area contributed by atoms with Crippen molar-refractivity contribution in [2.45, 2.75) is 58.0 Å². The molecule has 1 rings (SSSR count). The fourth-order valence-electron chi connectivity index (χ4n) is 1.83. The number of carbonyl (C=O) groups is 1. The summed E-state index contributed by atoms with van der Waals surface area (Å²) >= 11 is 0. The summed E-state index contributed by atoms with van der Waals surface area (Å²) in [6.07, 6.45) is 6.01. The standard InChI is InChI=1S/C11H22N2O2/c1-3-15-13-9(2)11(14)12-10-7-5-4-6-8-10/h9-10,13H,3-8H2,1-2H3,(H,12,14). The van der Waals surface area contributed by atoms with E-state index in [1.165, 1.54) is 19.3 Å². The Morgan fingerprint density at radius 1 is 1.40 bits per heavy atom.